The van der Waals surface area contributed by atoms with Crippen LogP contribution in [-0.2, 0) is 14.1 Å². The number of nitrogens with two attached hydrogens (primary N) is 1. The van der Waals surface area contributed by atoms with Crippen LogP contribution in [0, 0.1) is 13.8 Å². The van der Waals surface area contributed by atoms with E-state index in [0.717, 1.165) is 78.0 Å². The molecular formula is C39H44N14O. The van der Waals surface area contributed by atoms with Crippen molar-refractivity contribution in [2.75, 3.05) is 57.2 Å². The van der Waals surface area contributed by atoms with Gasteiger partial charge in [0.1, 0.15) is 5.82 Å². The van der Waals surface area contributed by atoms with Crippen LogP contribution in [0.25, 0.3) is 22.5 Å². The van der Waals surface area contributed by atoms with Gasteiger partial charge in [-0.3, -0.25) is 29.5 Å². The minimum absolute atomic E-state index is 0.109. The third kappa shape index (κ3) is 7.24. The molecule has 0 spiro atoms. The summed E-state index contributed by atoms with van der Waals surface area (Å²) < 4.78 is 3.33. The molecule has 4 aliphatic heterocycles. The fourth-order valence-electron chi connectivity index (χ4n) is 7.39. The highest BCUT2D eigenvalue weighted by atomic mass is 16.2. The molecule has 0 aliphatic carbocycles. The van der Waals surface area contributed by atoms with Crippen LogP contribution in [0.1, 0.15) is 24.2 Å². The molecule has 0 radical (unpaired) electrons. The average Bonchev–Trinajstić information content (AvgIpc) is 3.97. The quantitative estimate of drug-likeness (QED) is 0.218. The molecule has 10 rings (SSSR count). The van der Waals surface area contributed by atoms with E-state index in [0.29, 0.717) is 23.5 Å². The number of nitrogens with zero attached hydrogens (tertiary/aromatic N) is 11. The van der Waals surface area contributed by atoms with Crippen molar-refractivity contribution in [2.24, 2.45) is 14.1 Å². The van der Waals surface area contributed by atoms with Crippen molar-refractivity contribution in [3.63, 3.8) is 0 Å². The molecule has 0 aromatic carbocycles. The van der Waals surface area contributed by atoms with E-state index in [9.17, 15) is 4.79 Å². The zero-order valence-electron chi connectivity index (χ0n) is 30.9. The summed E-state index contributed by atoms with van der Waals surface area (Å²) in [4.78, 5) is 37.8. The molecule has 276 valence electrons. The van der Waals surface area contributed by atoms with E-state index < -0.39 is 0 Å². The summed E-state index contributed by atoms with van der Waals surface area (Å²) in [5, 5.41) is 14.5. The first-order valence-corrected chi connectivity index (χ1v) is 18.2. The highest BCUT2D eigenvalue weighted by Gasteiger charge is 2.40. The van der Waals surface area contributed by atoms with Crippen LogP contribution in [0.3, 0.4) is 0 Å². The molecule has 0 saturated carbocycles. The molecular weight excluding hydrogens is 681 g/mol. The number of hydrogen-bond donors (Lipinski definition) is 3. The van der Waals surface area contributed by atoms with Gasteiger partial charge in [0.25, 0.3) is 0 Å². The van der Waals surface area contributed by atoms with E-state index >= 15 is 0 Å². The normalized spacial score (nSPS) is 17.4. The second-order valence-corrected chi connectivity index (χ2v) is 14.0. The summed E-state index contributed by atoms with van der Waals surface area (Å²) in [6, 6.07) is 20.4. The number of carbonyl (C=O) groups excluding carboxylic acids is 1. The van der Waals surface area contributed by atoms with Gasteiger partial charge in [-0.1, -0.05) is 0 Å². The summed E-state index contributed by atoms with van der Waals surface area (Å²) in [6.45, 7) is 7.98. The number of nitrogens with one attached hydrogen (secondary N) is 2. The van der Waals surface area contributed by atoms with Crippen LogP contribution in [0.15, 0.2) is 85.5 Å². The molecule has 15 nitrogen and oxygen atoms in total. The minimum atomic E-state index is -0.193. The van der Waals surface area contributed by atoms with Crippen molar-refractivity contribution in [1.82, 2.24) is 39.5 Å². The first-order chi connectivity index (χ1) is 26.2. The number of nitrogen functional groups attached to an aromatic ring is 1. The number of aryl methyl sites for hydroxylation is 4. The first kappa shape index (κ1) is 34.6. The fourth-order valence-corrected chi connectivity index (χ4v) is 7.39. The number of hydrogen-bond acceptors (Lipinski definition) is 11. The van der Waals surface area contributed by atoms with Crippen molar-refractivity contribution in [1.29, 1.82) is 0 Å². The molecule has 6 aromatic heterocycles. The number of rotatable bonds is 3. The van der Waals surface area contributed by atoms with Crippen LogP contribution in [0.5, 0.6) is 0 Å². The van der Waals surface area contributed by atoms with Gasteiger partial charge in [0, 0.05) is 99.7 Å². The van der Waals surface area contributed by atoms with E-state index in [-0.39, 0.29) is 12.1 Å². The molecule has 0 unspecified atom stereocenters. The van der Waals surface area contributed by atoms with Crippen LogP contribution in [-0.4, -0.2) is 83.8 Å². The second kappa shape index (κ2) is 14.5. The maximum absolute atomic E-state index is 13.1. The number of aromatic nitrogens is 8. The molecule has 2 atom stereocenters. The Bertz CT molecular complexity index is 2280. The Balaban J connectivity index is 0.000000136. The SMILES string of the molecule is Cc1cc(-c2ccc3c(n2)N(C(=O)Nc2ccn(C)n2)[C@H]2CCN3C2)ccn1.Cc1cc(-c2ccc3c(n2)N[C@H]2CCN3C2)ccn1.Cn1ccc(N)n1. The molecule has 4 aliphatic rings. The predicted molar refractivity (Wildman–Crippen MR) is 212 cm³/mol. The summed E-state index contributed by atoms with van der Waals surface area (Å²) in [5.74, 6) is 2.84. The molecule has 2 amide bonds. The van der Waals surface area contributed by atoms with E-state index in [1.807, 2.05) is 58.4 Å². The summed E-state index contributed by atoms with van der Waals surface area (Å²) in [7, 11) is 3.65. The van der Waals surface area contributed by atoms with Crippen molar-refractivity contribution >= 4 is 40.7 Å². The van der Waals surface area contributed by atoms with Crippen molar-refractivity contribution < 1.29 is 4.79 Å². The summed E-state index contributed by atoms with van der Waals surface area (Å²) in [5.41, 5.74) is 13.4. The molecule has 54 heavy (non-hydrogen) atoms. The molecule has 4 N–H and O–H groups in total. The van der Waals surface area contributed by atoms with Crippen molar-refractivity contribution in [3.8, 4) is 22.5 Å². The van der Waals surface area contributed by atoms with Gasteiger partial charge in [-0.05, 0) is 81.3 Å². The van der Waals surface area contributed by atoms with E-state index in [1.165, 1.54) is 12.1 Å². The molecule has 2 saturated heterocycles. The average molecular weight is 725 g/mol. The topological polar surface area (TPSA) is 164 Å². The van der Waals surface area contributed by atoms with Crippen LogP contribution in [0.4, 0.5) is 39.4 Å². The Morgan fingerprint density at radius 1 is 0.778 bits per heavy atom. The summed E-state index contributed by atoms with van der Waals surface area (Å²) in [6.07, 6.45) is 9.36. The Labute approximate surface area is 313 Å². The Hall–Kier alpha value is -6.51. The monoisotopic (exact) mass is 724 g/mol. The minimum Gasteiger partial charge on any atom is -0.382 e. The van der Waals surface area contributed by atoms with Gasteiger partial charge in [-0.2, -0.15) is 10.2 Å². The number of fused-ring (bicyclic) bond motifs is 8. The zero-order chi connectivity index (χ0) is 37.3. The number of anilines is 6. The van der Waals surface area contributed by atoms with Gasteiger partial charge in [-0.25, -0.2) is 14.8 Å². The Kier molecular flexibility index (Phi) is 9.27. The van der Waals surface area contributed by atoms with Crippen molar-refractivity contribution in [2.45, 2.75) is 38.8 Å². The molecule has 4 bridgehead atoms. The van der Waals surface area contributed by atoms with Gasteiger partial charge in [0.2, 0.25) is 0 Å². The summed E-state index contributed by atoms with van der Waals surface area (Å²) >= 11 is 0. The third-order valence-electron chi connectivity index (χ3n) is 9.98. The lowest BCUT2D eigenvalue weighted by molar-refractivity contribution is 0.254. The smallest absolute Gasteiger partial charge is 0.329 e. The van der Waals surface area contributed by atoms with Gasteiger partial charge >= 0.3 is 6.03 Å². The second-order valence-electron chi connectivity index (χ2n) is 14.0. The zero-order valence-corrected chi connectivity index (χ0v) is 30.9. The van der Waals surface area contributed by atoms with Gasteiger partial charge < -0.3 is 20.9 Å². The van der Waals surface area contributed by atoms with Crippen LogP contribution < -0.4 is 31.1 Å². The van der Waals surface area contributed by atoms with E-state index in [4.69, 9.17) is 15.7 Å². The van der Waals surface area contributed by atoms with Gasteiger partial charge in [0.15, 0.2) is 17.5 Å². The van der Waals surface area contributed by atoms with E-state index in [2.05, 4.69) is 64.9 Å². The number of pyridine rings is 4. The van der Waals surface area contributed by atoms with Gasteiger partial charge in [0.05, 0.1) is 28.8 Å². The van der Waals surface area contributed by atoms with Crippen molar-refractivity contribution in [3.05, 3.63) is 96.8 Å². The Morgan fingerprint density at radius 2 is 1.43 bits per heavy atom. The maximum atomic E-state index is 13.1. The maximum Gasteiger partial charge on any atom is 0.329 e. The standard InChI is InChI=1S/C20H21N7O.C15H16N4.C4H7N3/c1-13-11-14(5-8-21-13)16-3-4-17-19(22-16)27(15-6-10-26(17)12-15)20(28)23-18-7-9-25(2)24-18;1-10-8-11(4-6-16-10)13-2-3-14-15(18-13)17-12-5-7-19(14)9-12;1-7-3-2-4(5)6-7/h3-5,7-9,11,15H,6,10,12H2,1-2H3,(H,23,24,28);2-4,6,8,12H,5,7,9H2,1H3,(H,17,18);2-3H,1H3,(H2,5,6)/t15-;12-;/m00./s1. The van der Waals surface area contributed by atoms with Gasteiger partial charge in [-0.15, -0.1) is 0 Å². The fraction of sp³-hybridized carbons (Fsp3) is 0.308. The molecule has 15 heteroatoms. The highest BCUT2D eigenvalue weighted by molar-refractivity contribution is 6.04. The number of amides is 2. The lowest BCUT2D eigenvalue weighted by Gasteiger charge is -2.35. The van der Waals surface area contributed by atoms with E-state index in [1.54, 1.807) is 45.0 Å². The largest absolute Gasteiger partial charge is 0.382 e. The molecule has 6 aromatic rings. The predicted octanol–water partition coefficient (Wildman–Crippen LogP) is 5.27. The van der Waals surface area contributed by atoms with Crippen LogP contribution in [0.2, 0.25) is 0 Å². The van der Waals surface area contributed by atoms with Crippen LogP contribution >= 0.6 is 0 Å². The lowest BCUT2D eigenvalue weighted by atomic mass is 10.1. The lowest BCUT2D eigenvalue weighted by Crippen LogP contribution is -2.48. The third-order valence-corrected chi connectivity index (χ3v) is 9.98. The highest BCUT2D eigenvalue weighted by Crippen LogP contribution is 2.40. The number of urea groups is 1. The first-order valence-electron chi connectivity index (χ1n) is 18.2. The Morgan fingerprint density at radius 3 is 2.06 bits per heavy atom. The molecule has 10 heterocycles. The number of carbonyl (C=O) groups is 1. The molecule has 2 fully saturated rings.